The second kappa shape index (κ2) is 8.41. The Balaban J connectivity index is 1.77. The number of halogens is 6. The average Bonchev–Trinajstić information content (AvgIpc) is 2.77. The molecule has 0 unspecified atom stereocenters. The summed E-state index contributed by atoms with van der Waals surface area (Å²) in [5.41, 5.74) is -3.58. The zero-order valence-electron chi connectivity index (χ0n) is 17.3. The second-order valence-electron chi connectivity index (χ2n) is 7.07. The van der Waals surface area contributed by atoms with Crippen LogP contribution >= 0.6 is 0 Å². The molecule has 0 amide bonds. The Morgan fingerprint density at radius 2 is 1.63 bits per heavy atom. The fraction of sp³-hybridized carbons (Fsp3) is 0.150. The molecule has 180 valence electrons. The molecular weight excluding hydrogens is 484 g/mol. The van der Waals surface area contributed by atoms with E-state index in [4.69, 9.17) is 5.11 Å². The summed E-state index contributed by atoms with van der Waals surface area (Å²) in [5.74, 6) is -1.64. The lowest BCUT2D eigenvalue weighted by molar-refractivity contribution is -0.141. The molecule has 0 saturated carbocycles. The van der Waals surface area contributed by atoms with E-state index >= 15 is 0 Å². The van der Waals surface area contributed by atoms with E-state index in [9.17, 15) is 31.1 Å². The van der Waals surface area contributed by atoms with Crippen LogP contribution in [0.1, 0.15) is 27.3 Å². The molecular formula is C20H11F6N7O2. The molecule has 0 saturated heterocycles. The Bertz CT molecular complexity index is 1440. The van der Waals surface area contributed by atoms with E-state index in [0.717, 1.165) is 18.6 Å². The fourth-order valence-corrected chi connectivity index (χ4v) is 3.01. The van der Waals surface area contributed by atoms with Crippen LogP contribution in [0.3, 0.4) is 0 Å². The summed E-state index contributed by atoms with van der Waals surface area (Å²) in [6.07, 6.45) is -6.46. The van der Waals surface area contributed by atoms with E-state index in [1.54, 1.807) is 6.92 Å². The molecule has 15 heteroatoms. The highest BCUT2D eigenvalue weighted by molar-refractivity contribution is 5.89. The first kappa shape index (κ1) is 23.7. The summed E-state index contributed by atoms with van der Waals surface area (Å²) in [5, 5.41) is 11.7. The summed E-state index contributed by atoms with van der Waals surface area (Å²) in [4.78, 5) is 34.0. The zero-order chi connectivity index (χ0) is 25.5. The van der Waals surface area contributed by atoms with Gasteiger partial charge in [0.05, 0.1) is 35.4 Å². The highest BCUT2D eigenvalue weighted by Crippen LogP contribution is 2.36. The van der Waals surface area contributed by atoms with Gasteiger partial charge in [-0.05, 0) is 19.1 Å². The van der Waals surface area contributed by atoms with E-state index in [1.807, 2.05) is 0 Å². The van der Waals surface area contributed by atoms with Crippen molar-refractivity contribution in [3.8, 4) is 11.4 Å². The molecule has 0 radical (unpaired) electrons. The van der Waals surface area contributed by atoms with Gasteiger partial charge >= 0.3 is 18.3 Å². The number of aromatic carboxylic acids is 1. The lowest BCUT2D eigenvalue weighted by atomic mass is 10.1. The molecule has 4 rings (SSSR count). The number of fused-ring (bicyclic) bond motifs is 1. The third-order valence-corrected chi connectivity index (χ3v) is 4.53. The number of nitrogens with zero attached hydrogens (tertiary/aromatic N) is 6. The van der Waals surface area contributed by atoms with Crippen LogP contribution < -0.4 is 5.32 Å². The van der Waals surface area contributed by atoms with Gasteiger partial charge in [-0.1, -0.05) is 0 Å². The van der Waals surface area contributed by atoms with E-state index in [1.165, 1.54) is 6.07 Å². The molecule has 9 nitrogen and oxygen atoms in total. The first-order chi connectivity index (χ1) is 16.3. The topological polar surface area (TPSA) is 127 Å². The van der Waals surface area contributed by atoms with Crippen molar-refractivity contribution in [2.24, 2.45) is 0 Å². The predicted molar refractivity (Wildman–Crippen MR) is 108 cm³/mol. The van der Waals surface area contributed by atoms with Gasteiger partial charge in [0.1, 0.15) is 22.7 Å². The molecule has 2 N–H and O–H groups in total. The lowest BCUT2D eigenvalue weighted by Gasteiger charge is -2.13. The van der Waals surface area contributed by atoms with Gasteiger partial charge in [-0.2, -0.15) is 26.3 Å². The Morgan fingerprint density at radius 3 is 2.23 bits per heavy atom. The van der Waals surface area contributed by atoms with Crippen LogP contribution in [0.4, 0.5) is 37.8 Å². The van der Waals surface area contributed by atoms with Crippen molar-refractivity contribution in [3.63, 3.8) is 0 Å². The van der Waals surface area contributed by atoms with Gasteiger partial charge in [0.25, 0.3) is 0 Å². The number of rotatable bonds is 4. The normalized spacial score (nSPS) is 12.1. The SMILES string of the molecule is Cc1cc(Nc2cnc(C(F)(F)F)cn2)c2ncc(-c3ncc(C(=O)O)cc3C(F)(F)F)nc2n1. The Hall–Kier alpha value is -4.43. The smallest absolute Gasteiger partial charge is 0.434 e. The van der Waals surface area contributed by atoms with Crippen molar-refractivity contribution in [3.05, 3.63) is 59.4 Å². The van der Waals surface area contributed by atoms with Gasteiger partial charge in [0, 0.05) is 11.9 Å². The maximum Gasteiger partial charge on any atom is 0.434 e. The van der Waals surface area contributed by atoms with Crippen molar-refractivity contribution in [1.82, 2.24) is 29.9 Å². The largest absolute Gasteiger partial charge is 0.478 e. The summed E-state index contributed by atoms with van der Waals surface area (Å²) >= 11 is 0. The van der Waals surface area contributed by atoms with Gasteiger partial charge in [-0.15, -0.1) is 0 Å². The second-order valence-corrected chi connectivity index (χ2v) is 7.07. The molecule has 0 aliphatic rings. The number of anilines is 2. The molecule has 0 spiro atoms. The van der Waals surface area contributed by atoms with Gasteiger partial charge in [0.2, 0.25) is 0 Å². The van der Waals surface area contributed by atoms with E-state index in [2.05, 4.69) is 35.2 Å². The summed E-state index contributed by atoms with van der Waals surface area (Å²) in [7, 11) is 0. The Morgan fingerprint density at radius 1 is 0.886 bits per heavy atom. The standard InChI is InChI=1S/C20H11F6N7O2/c1-8-2-11(32-14-7-27-13(6-28-14)20(24,25)26)16-17(31-8)33-12(5-30-16)15-10(19(21,22)23)3-9(4-29-15)18(34)35/h2-7H,1H3,(H,34,35)(H,28,31,32,33). The van der Waals surface area contributed by atoms with Crippen molar-refractivity contribution >= 4 is 28.6 Å². The molecule has 0 bridgehead atoms. The highest BCUT2D eigenvalue weighted by Gasteiger charge is 2.36. The lowest BCUT2D eigenvalue weighted by Crippen LogP contribution is -2.12. The third kappa shape index (κ3) is 4.92. The van der Waals surface area contributed by atoms with Gasteiger partial charge in [-0.25, -0.2) is 29.7 Å². The number of aromatic nitrogens is 6. The first-order valence-corrected chi connectivity index (χ1v) is 9.44. The number of hydrogen-bond donors (Lipinski definition) is 2. The fourth-order valence-electron chi connectivity index (χ4n) is 3.01. The number of carbonyl (C=O) groups is 1. The minimum atomic E-state index is -4.93. The van der Waals surface area contributed by atoms with Crippen LogP contribution in [0, 0.1) is 6.92 Å². The zero-order valence-corrected chi connectivity index (χ0v) is 17.3. The van der Waals surface area contributed by atoms with Crippen molar-refractivity contribution in [2.45, 2.75) is 19.3 Å². The number of pyridine rings is 2. The molecule has 0 atom stereocenters. The minimum Gasteiger partial charge on any atom is -0.478 e. The molecule has 4 aromatic heterocycles. The monoisotopic (exact) mass is 495 g/mol. The summed E-state index contributed by atoms with van der Waals surface area (Å²) in [6.45, 7) is 1.55. The predicted octanol–water partition coefficient (Wildman–Crippen LogP) is 4.66. The molecule has 35 heavy (non-hydrogen) atoms. The molecule has 0 aliphatic carbocycles. The maximum atomic E-state index is 13.6. The van der Waals surface area contributed by atoms with E-state index in [0.29, 0.717) is 18.0 Å². The molecule has 0 fully saturated rings. The summed E-state index contributed by atoms with van der Waals surface area (Å²) in [6, 6.07) is 1.92. The maximum absolute atomic E-state index is 13.6. The highest BCUT2D eigenvalue weighted by atomic mass is 19.4. The number of carboxylic acids is 1. The van der Waals surface area contributed by atoms with Gasteiger partial charge in [-0.3, -0.25) is 4.98 Å². The molecule has 0 aliphatic heterocycles. The number of nitrogens with one attached hydrogen (secondary N) is 1. The number of alkyl halides is 6. The average molecular weight is 495 g/mol. The quantitative estimate of drug-likeness (QED) is 0.389. The van der Waals surface area contributed by atoms with Gasteiger partial charge < -0.3 is 10.4 Å². The Labute approximate surface area is 191 Å². The minimum absolute atomic E-state index is 0.0546. The van der Waals surface area contributed by atoms with Crippen LogP contribution in [-0.4, -0.2) is 41.0 Å². The molecule has 4 heterocycles. The van der Waals surface area contributed by atoms with Crippen molar-refractivity contribution in [2.75, 3.05) is 5.32 Å². The molecule has 4 aromatic rings. The van der Waals surface area contributed by atoms with Crippen LogP contribution in [0.5, 0.6) is 0 Å². The van der Waals surface area contributed by atoms with Crippen LogP contribution in [0.25, 0.3) is 22.6 Å². The number of aryl methyl sites for hydroxylation is 1. The summed E-state index contributed by atoms with van der Waals surface area (Å²) < 4.78 is 78.8. The molecule has 0 aromatic carbocycles. The first-order valence-electron chi connectivity index (χ1n) is 9.44. The van der Waals surface area contributed by atoms with E-state index in [-0.39, 0.29) is 28.4 Å². The van der Waals surface area contributed by atoms with Crippen LogP contribution in [-0.2, 0) is 12.4 Å². The Kier molecular flexibility index (Phi) is 5.70. The van der Waals surface area contributed by atoms with Crippen molar-refractivity contribution < 1.29 is 36.2 Å². The number of hydrogen-bond acceptors (Lipinski definition) is 8. The number of carboxylic acid groups (broad SMARTS) is 1. The van der Waals surface area contributed by atoms with Crippen LogP contribution in [0.15, 0.2) is 36.9 Å². The van der Waals surface area contributed by atoms with Crippen LogP contribution in [0.2, 0.25) is 0 Å². The van der Waals surface area contributed by atoms with Crippen molar-refractivity contribution in [1.29, 1.82) is 0 Å². The van der Waals surface area contributed by atoms with E-state index < -0.39 is 40.8 Å². The van der Waals surface area contributed by atoms with Gasteiger partial charge in [0.15, 0.2) is 11.3 Å². The third-order valence-electron chi connectivity index (χ3n) is 4.53.